The van der Waals surface area contributed by atoms with Gasteiger partial charge in [-0.2, -0.15) is 0 Å². The minimum atomic E-state index is -0.349. The molecule has 0 saturated heterocycles. The van der Waals surface area contributed by atoms with E-state index in [9.17, 15) is 4.79 Å². The normalized spacial score (nSPS) is 12.3. The van der Waals surface area contributed by atoms with Crippen molar-refractivity contribution in [3.05, 3.63) is 53.5 Å². The fraction of sp³-hybridized carbons (Fsp3) is 0.353. The Bertz CT molecular complexity index is 518. The third-order valence-electron chi connectivity index (χ3n) is 2.85. The van der Waals surface area contributed by atoms with Crippen molar-refractivity contribution < 1.29 is 13.9 Å². The molecule has 0 aliphatic heterocycles. The molecular formula is C17H22O3. The zero-order chi connectivity index (χ0) is 15.0. The number of carbonyl (C=O) groups is 1. The molecule has 20 heavy (non-hydrogen) atoms. The second-order valence-electron chi connectivity index (χ2n) is 4.64. The van der Waals surface area contributed by atoms with Gasteiger partial charge in [-0.3, -0.25) is 0 Å². The Morgan fingerprint density at radius 2 is 2.20 bits per heavy atom. The molecule has 1 aromatic rings. The molecule has 1 rings (SSSR count). The number of carbonyl (C=O) groups excluding carboxylic acids is 1. The third kappa shape index (κ3) is 5.31. The van der Waals surface area contributed by atoms with E-state index in [-0.39, 0.29) is 5.97 Å². The van der Waals surface area contributed by atoms with Crippen molar-refractivity contribution in [2.45, 2.75) is 33.6 Å². The minimum absolute atomic E-state index is 0.349. The zero-order valence-electron chi connectivity index (χ0n) is 12.4. The van der Waals surface area contributed by atoms with Gasteiger partial charge in [0.2, 0.25) is 0 Å². The molecule has 0 N–H and O–H groups in total. The van der Waals surface area contributed by atoms with Crippen LogP contribution in [0, 0.1) is 0 Å². The standard InChI is InChI=1S/C17H22O3/c1-5-13(3)8-7-9-14(4)10-16-11-15(12-20-16)17(18)19-6-2/h5,8,10-12H,1,6-7,9H2,2-4H3/b13-8+,14-10+. The average molecular weight is 274 g/mol. The largest absolute Gasteiger partial charge is 0.464 e. The van der Waals surface area contributed by atoms with E-state index in [1.54, 1.807) is 13.0 Å². The van der Waals surface area contributed by atoms with Crippen molar-refractivity contribution in [2.24, 2.45) is 0 Å². The molecule has 0 aliphatic rings. The van der Waals surface area contributed by atoms with Crippen molar-refractivity contribution in [3.8, 4) is 0 Å². The van der Waals surface area contributed by atoms with Crippen molar-refractivity contribution in [3.63, 3.8) is 0 Å². The van der Waals surface area contributed by atoms with Crippen LogP contribution in [0.2, 0.25) is 0 Å². The summed E-state index contributed by atoms with van der Waals surface area (Å²) >= 11 is 0. The maximum Gasteiger partial charge on any atom is 0.341 e. The van der Waals surface area contributed by atoms with Gasteiger partial charge in [-0.15, -0.1) is 0 Å². The minimum Gasteiger partial charge on any atom is -0.464 e. The molecule has 0 aromatic carbocycles. The van der Waals surface area contributed by atoms with Crippen LogP contribution in [-0.2, 0) is 4.74 Å². The Kier molecular flexibility index (Phi) is 6.57. The first-order valence-corrected chi connectivity index (χ1v) is 6.78. The molecule has 0 fully saturated rings. The van der Waals surface area contributed by atoms with Crippen LogP contribution in [0.1, 0.15) is 49.7 Å². The van der Waals surface area contributed by atoms with E-state index in [1.165, 1.54) is 17.4 Å². The van der Waals surface area contributed by atoms with E-state index in [0.29, 0.717) is 17.9 Å². The van der Waals surface area contributed by atoms with Crippen LogP contribution in [0.3, 0.4) is 0 Å². The Labute approximate surface area is 120 Å². The third-order valence-corrected chi connectivity index (χ3v) is 2.85. The summed E-state index contributed by atoms with van der Waals surface area (Å²) in [6.45, 7) is 9.94. The summed E-state index contributed by atoms with van der Waals surface area (Å²) in [6.07, 6.45) is 9.28. The highest BCUT2D eigenvalue weighted by molar-refractivity contribution is 5.89. The first-order valence-electron chi connectivity index (χ1n) is 6.78. The van der Waals surface area contributed by atoms with Crippen molar-refractivity contribution in [2.75, 3.05) is 6.61 Å². The van der Waals surface area contributed by atoms with Crippen molar-refractivity contribution >= 4 is 12.0 Å². The molecule has 3 heteroatoms. The SMILES string of the molecule is C=C/C(C)=C/CC/C(C)=C/c1cc(C(=O)OCC)co1. The molecule has 0 unspecified atom stereocenters. The molecule has 0 bridgehead atoms. The summed E-state index contributed by atoms with van der Waals surface area (Å²) in [7, 11) is 0. The zero-order valence-corrected chi connectivity index (χ0v) is 12.4. The Balaban J connectivity index is 2.60. The molecule has 108 valence electrons. The topological polar surface area (TPSA) is 39.4 Å². The van der Waals surface area contributed by atoms with Gasteiger partial charge < -0.3 is 9.15 Å². The van der Waals surface area contributed by atoms with E-state index in [2.05, 4.69) is 12.7 Å². The highest BCUT2D eigenvalue weighted by Gasteiger charge is 2.09. The molecule has 0 spiro atoms. The fourth-order valence-electron chi connectivity index (χ4n) is 1.68. The maximum absolute atomic E-state index is 11.5. The van der Waals surface area contributed by atoms with E-state index in [1.807, 2.05) is 26.0 Å². The van der Waals surface area contributed by atoms with Gasteiger partial charge >= 0.3 is 5.97 Å². The van der Waals surface area contributed by atoms with Gasteiger partial charge in [-0.1, -0.05) is 29.9 Å². The molecule has 0 radical (unpaired) electrons. The summed E-state index contributed by atoms with van der Waals surface area (Å²) in [5.74, 6) is 0.327. The number of ether oxygens (including phenoxy) is 1. The highest BCUT2D eigenvalue weighted by Crippen LogP contribution is 2.16. The number of esters is 1. The van der Waals surface area contributed by atoms with E-state index in [4.69, 9.17) is 9.15 Å². The Hall–Kier alpha value is -2.03. The van der Waals surface area contributed by atoms with Crippen LogP contribution in [0.25, 0.3) is 6.08 Å². The molecule has 0 atom stereocenters. The number of hydrogen-bond donors (Lipinski definition) is 0. The predicted octanol–water partition coefficient (Wildman–Crippen LogP) is 4.77. The molecule has 0 saturated carbocycles. The summed E-state index contributed by atoms with van der Waals surface area (Å²) in [5, 5.41) is 0. The smallest absolute Gasteiger partial charge is 0.341 e. The van der Waals surface area contributed by atoms with Gasteiger partial charge in [-0.05, 0) is 45.8 Å². The first-order chi connectivity index (χ1) is 9.56. The van der Waals surface area contributed by atoms with Gasteiger partial charge in [0, 0.05) is 0 Å². The number of hydrogen-bond acceptors (Lipinski definition) is 3. The number of furan rings is 1. The van der Waals surface area contributed by atoms with E-state index >= 15 is 0 Å². The molecule has 1 heterocycles. The summed E-state index contributed by atoms with van der Waals surface area (Å²) in [4.78, 5) is 11.5. The summed E-state index contributed by atoms with van der Waals surface area (Å²) < 4.78 is 10.3. The highest BCUT2D eigenvalue weighted by atomic mass is 16.5. The second-order valence-corrected chi connectivity index (χ2v) is 4.64. The van der Waals surface area contributed by atoms with Crippen molar-refractivity contribution in [1.82, 2.24) is 0 Å². The van der Waals surface area contributed by atoms with Crippen LogP contribution in [0.5, 0.6) is 0 Å². The number of allylic oxidation sites excluding steroid dienone is 4. The van der Waals surface area contributed by atoms with E-state index < -0.39 is 0 Å². The second kappa shape index (κ2) is 8.20. The van der Waals surface area contributed by atoms with Crippen LogP contribution in [-0.4, -0.2) is 12.6 Å². The van der Waals surface area contributed by atoms with Gasteiger partial charge in [0.1, 0.15) is 12.0 Å². The summed E-state index contributed by atoms with van der Waals surface area (Å²) in [5.41, 5.74) is 2.83. The number of rotatable bonds is 7. The Morgan fingerprint density at radius 3 is 2.85 bits per heavy atom. The fourth-order valence-corrected chi connectivity index (χ4v) is 1.68. The average Bonchev–Trinajstić information content (AvgIpc) is 2.87. The van der Waals surface area contributed by atoms with Crippen LogP contribution >= 0.6 is 0 Å². The lowest BCUT2D eigenvalue weighted by molar-refractivity contribution is 0.0525. The van der Waals surface area contributed by atoms with E-state index in [0.717, 1.165) is 12.8 Å². The van der Waals surface area contributed by atoms with Gasteiger partial charge in [0.25, 0.3) is 0 Å². The monoisotopic (exact) mass is 274 g/mol. The lowest BCUT2D eigenvalue weighted by Crippen LogP contribution is -2.02. The molecular weight excluding hydrogens is 252 g/mol. The quantitative estimate of drug-likeness (QED) is 0.531. The summed E-state index contributed by atoms with van der Waals surface area (Å²) in [6, 6.07) is 1.70. The predicted molar refractivity (Wildman–Crippen MR) is 81.5 cm³/mol. The lowest BCUT2D eigenvalue weighted by atomic mass is 10.1. The van der Waals surface area contributed by atoms with Crippen LogP contribution in [0.4, 0.5) is 0 Å². The lowest BCUT2D eigenvalue weighted by Gasteiger charge is -1.98. The maximum atomic E-state index is 11.5. The van der Waals surface area contributed by atoms with Gasteiger partial charge in [-0.25, -0.2) is 4.79 Å². The first kappa shape index (κ1) is 16.0. The molecule has 0 aliphatic carbocycles. The van der Waals surface area contributed by atoms with Crippen molar-refractivity contribution in [1.29, 1.82) is 0 Å². The Morgan fingerprint density at radius 1 is 1.45 bits per heavy atom. The van der Waals surface area contributed by atoms with Crippen LogP contribution in [0.15, 0.2) is 46.6 Å². The molecule has 3 nitrogen and oxygen atoms in total. The van der Waals surface area contributed by atoms with Gasteiger partial charge in [0.15, 0.2) is 0 Å². The van der Waals surface area contributed by atoms with Gasteiger partial charge in [0.05, 0.1) is 12.2 Å². The van der Waals surface area contributed by atoms with Crippen LogP contribution < -0.4 is 0 Å². The molecule has 0 amide bonds. The molecule has 1 aromatic heterocycles.